The Kier molecular flexibility index (Phi) is 30.0. The van der Waals surface area contributed by atoms with Crippen LogP contribution < -0.4 is 0 Å². The van der Waals surface area contributed by atoms with E-state index in [1.54, 1.807) is 12.2 Å². The van der Waals surface area contributed by atoms with Crippen molar-refractivity contribution >= 4 is 17.4 Å². The van der Waals surface area contributed by atoms with Gasteiger partial charge in [0, 0.05) is 57.3 Å². The van der Waals surface area contributed by atoms with Crippen molar-refractivity contribution in [3.05, 3.63) is 25.3 Å². The normalized spacial score (nSPS) is 6.22. The van der Waals surface area contributed by atoms with Gasteiger partial charge in [-0.15, -0.1) is 13.2 Å². The first kappa shape index (κ1) is 16.7. The minimum Gasteiger partial charge on any atom is -0.373 e. The van der Waals surface area contributed by atoms with Crippen molar-refractivity contribution in [3.63, 3.8) is 0 Å². The zero-order chi connectivity index (χ0) is 5.54. The molecule has 0 bridgehead atoms. The SMILES string of the molecule is C=CCOCC=C.[Al].[Gd]. The summed E-state index contributed by atoms with van der Waals surface area (Å²) in [6.07, 6.45) is 3.42. The quantitative estimate of drug-likeness (QED) is 0.424. The largest absolute Gasteiger partial charge is 0.373 e. The van der Waals surface area contributed by atoms with E-state index in [0.717, 1.165) is 0 Å². The molecule has 0 heterocycles. The van der Waals surface area contributed by atoms with Crippen LogP contribution in [0.3, 0.4) is 0 Å². The number of ether oxygens (including phenoxy) is 1. The molecule has 0 rings (SSSR count). The van der Waals surface area contributed by atoms with Gasteiger partial charge in [-0.3, -0.25) is 0 Å². The summed E-state index contributed by atoms with van der Waals surface area (Å²) in [4.78, 5) is 0. The standard InChI is InChI=1S/C6H10O.Al.Gd/c1-3-5-7-6-4-2;;/h3-4H,1-2,5-6H2;;. The van der Waals surface area contributed by atoms with Crippen molar-refractivity contribution in [1.29, 1.82) is 0 Å². The minimum absolute atomic E-state index is 0. The molecule has 0 atom stereocenters. The second-order valence-corrected chi connectivity index (χ2v) is 1.11. The molecule has 0 saturated heterocycles. The Hall–Kier alpha value is 1.30. The fraction of sp³-hybridized carbons (Fsp3) is 0.333. The summed E-state index contributed by atoms with van der Waals surface area (Å²) in [6, 6.07) is 0. The summed E-state index contributed by atoms with van der Waals surface area (Å²) in [7, 11) is 0. The summed E-state index contributed by atoms with van der Waals surface area (Å²) >= 11 is 0. The van der Waals surface area contributed by atoms with Crippen molar-refractivity contribution in [2.75, 3.05) is 13.2 Å². The molecule has 0 aliphatic carbocycles. The first-order valence-electron chi connectivity index (χ1n) is 2.21. The third-order valence-corrected chi connectivity index (χ3v) is 0.471. The fourth-order valence-electron chi connectivity index (χ4n) is 0.235. The van der Waals surface area contributed by atoms with Crippen molar-refractivity contribution in [2.45, 2.75) is 0 Å². The second kappa shape index (κ2) is 16.1. The zero-order valence-corrected chi connectivity index (χ0v) is 8.75. The maximum Gasteiger partial charge on any atom is 0.0649 e. The third-order valence-electron chi connectivity index (χ3n) is 0.471. The maximum absolute atomic E-state index is 4.90. The molecule has 3 heteroatoms. The molecule has 0 fully saturated rings. The zero-order valence-electron chi connectivity index (χ0n) is 5.32. The van der Waals surface area contributed by atoms with Crippen LogP contribution in [0.1, 0.15) is 0 Å². The Morgan fingerprint density at radius 3 is 1.67 bits per heavy atom. The molecule has 0 aromatic rings. The topological polar surface area (TPSA) is 9.23 Å². The van der Waals surface area contributed by atoms with Crippen LogP contribution in [-0.4, -0.2) is 30.6 Å². The molecule has 0 N–H and O–H groups in total. The van der Waals surface area contributed by atoms with Crippen molar-refractivity contribution < 1.29 is 44.7 Å². The Morgan fingerprint density at radius 2 is 1.44 bits per heavy atom. The first-order valence-corrected chi connectivity index (χ1v) is 2.21. The van der Waals surface area contributed by atoms with Gasteiger partial charge >= 0.3 is 0 Å². The molecule has 0 aromatic carbocycles. The molecule has 3 radical (unpaired) electrons. The van der Waals surface area contributed by atoms with Crippen molar-refractivity contribution in [2.24, 2.45) is 0 Å². The Morgan fingerprint density at radius 1 is 1.11 bits per heavy atom. The van der Waals surface area contributed by atoms with Gasteiger partial charge in [0.1, 0.15) is 0 Å². The van der Waals surface area contributed by atoms with E-state index in [0.29, 0.717) is 13.2 Å². The van der Waals surface area contributed by atoms with Gasteiger partial charge in [0.2, 0.25) is 0 Å². The molecular formula is C6H10AlGdO. The van der Waals surface area contributed by atoms with Crippen molar-refractivity contribution in [3.8, 4) is 0 Å². The van der Waals surface area contributed by atoms with Crippen LogP contribution in [0, 0.1) is 39.9 Å². The van der Waals surface area contributed by atoms with Crippen LogP contribution >= 0.6 is 0 Å². The maximum atomic E-state index is 4.90. The van der Waals surface area contributed by atoms with Gasteiger partial charge in [-0.1, -0.05) is 12.2 Å². The van der Waals surface area contributed by atoms with Crippen LogP contribution in [0.15, 0.2) is 25.3 Å². The smallest absolute Gasteiger partial charge is 0.0649 e. The fourth-order valence-corrected chi connectivity index (χ4v) is 0.235. The van der Waals surface area contributed by atoms with Crippen LogP contribution in [0.5, 0.6) is 0 Å². The van der Waals surface area contributed by atoms with Gasteiger partial charge < -0.3 is 4.74 Å². The van der Waals surface area contributed by atoms with Gasteiger partial charge in [-0.25, -0.2) is 0 Å². The third kappa shape index (κ3) is 17.6. The molecular weight excluding hydrogens is 272 g/mol. The molecule has 0 aliphatic rings. The second-order valence-electron chi connectivity index (χ2n) is 1.11. The summed E-state index contributed by atoms with van der Waals surface area (Å²) in [5, 5.41) is 0. The summed E-state index contributed by atoms with van der Waals surface area (Å²) in [6.45, 7) is 8.18. The predicted molar refractivity (Wildman–Crippen MR) is 37.0 cm³/mol. The van der Waals surface area contributed by atoms with Crippen LogP contribution in [0.4, 0.5) is 0 Å². The Bertz CT molecular complexity index is 58.1. The molecule has 0 spiro atoms. The van der Waals surface area contributed by atoms with Gasteiger partial charge in [-0.05, 0) is 0 Å². The average Bonchev–Trinajstić information content (AvgIpc) is 1.69. The van der Waals surface area contributed by atoms with E-state index in [2.05, 4.69) is 13.2 Å². The summed E-state index contributed by atoms with van der Waals surface area (Å²) in [5.74, 6) is 0. The number of hydrogen-bond acceptors (Lipinski definition) is 1. The molecule has 51 valence electrons. The van der Waals surface area contributed by atoms with E-state index in [-0.39, 0.29) is 57.3 Å². The van der Waals surface area contributed by atoms with E-state index in [9.17, 15) is 0 Å². The van der Waals surface area contributed by atoms with E-state index in [1.165, 1.54) is 0 Å². The number of rotatable bonds is 4. The van der Waals surface area contributed by atoms with E-state index < -0.39 is 0 Å². The first-order chi connectivity index (χ1) is 3.41. The minimum atomic E-state index is 0. The van der Waals surface area contributed by atoms with Gasteiger partial charge in [0.25, 0.3) is 0 Å². The Labute approximate surface area is 99.4 Å². The summed E-state index contributed by atoms with van der Waals surface area (Å²) < 4.78 is 4.90. The summed E-state index contributed by atoms with van der Waals surface area (Å²) in [5.41, 5.74) is 0. The molecule has 1 nitrogen and oxygen atoms in total. The van der Waals surface area contributed by atoms with Crippen LogP contribution in [-0.2, 0) is 4.74 Å². The molecule has 9 heavy (non-hydrogen) atoms. The molecule has 0 aromatic heterocycles. The molecule has 0 saturated carbocycles. The van der Waals surface area contributed by atoms with Crippen molar-refractivity contribution in [1.82, 2.24) is 0 Å². The van der Waals surface area contributed by atoms with Crippen LogP contribution in [0.25, 0.3) is 0 Å². The van der Waals surface area contributed by atoms with Gasteiger partial charge in [-0.2, -0.15) is 0 Å². The van der Waals surface area contributed by atoms with Gasteiger partial charge in [0.05, 0.1) is 13.2 Å². The van der Waals surface area contributed by atoms with E-state index in [4.69, 9.17) is 4.74 Å². The van der Waals surface area contributed by atoms with Crippen LogP contribution in [0.2, 0.25) is 0 Å². The molecule has 0 amide bonds. The predicted octanol–water partition coefficient (Wildman–Crippen LogP) is 0.994. The van der Waals surface area contributed by atoms with Gasteiger partial charge in [0.15, 0.2) is 0 Å². The molecule has 0 aliphatic heterocycles. The molecule has 0 unspecified atom stereocenters. The Balaban J connectivity index is -0.000000180. The van der Waals surface area contributed by atoms with E-state index >= 15 is 0 Å². The monoisotopic (exact) mass is 283 g/mol. The average molecular weight is 282 g/mol. The van der Waals surface area contributed by atoms with E-state index in [1.807, 2.05) is 0 Å². The number of hydrogen-bond donors (Lipinski definition) is 0.